The van der Waals surface area contributed by atoms with Crippen molar-refractivity contribution in [2.75, 3.05) is 5.73 Å². The van der Waals surface area contributed by atoms with Crippen molar-refractivity contribution in [3.8, 4) is 0 Å². The van der Waals surface area contributed by atoms with Gasteiger partial charge in [0, 0.05) is 6.92 Å². The lowest BCUT2D eigenvalue weighted by Gasteiger charge is -2.02. The Morgan fingerprint density at radius 3 is 2.67 bits per heavy atom. The first-order valence-corrected chi connectivity index (χ1v) is 4.65. The highest BCUT2D eigenvalue weighted by atomic mass is 32.2. The highest BCUT2D eigenvalue weighted by Gasteiger charge is 2.17. The minimum absolute atomic E-state index is 0.00870. The van der Waals surface area contributed by atoms with Gasteiger partial charge in [0.2, 0.25) is 0 Å². The molecule has 0 saturated heterocycles. The standard InChI is InChI=1S/C8H7FN2O3S/c1-4(12)15-8-3-6(10)7(11(13)14)2-5(8)9/h2-3H,10H2,1H3. The predicted molar refractivity (Wildman–Crippen MR) is 54.0 cm³/mol. The molecule has 0 aliphatic heterocycles. The van der Waals surface area contributed by atoms with Crippen LogP contribution in [0, 0.1) is 15.9 Å². The van der Waals surface area contributed by atoms with Crippen LogP contribution in [0.2, 0.25) is 0 Å². The van der Waals surface area contributed by atoms with Crippen LogP contribution < -0.4 is 5.73 Å². The predicted octanol–water partition coefficient (Wildman–Crippen LogP) is 1.95. The molecule has 5 nitrogen and oxygen atoms in total. The van der Waals surface area contributed by atoms with Gasteiger partial charge >= 0.3 is 0 Å². The van der Waals surface area contributed by atoms with Crippen LogP contribution in [0.15, 0.2) is 17.0 Å². The van der Waals surface area contributed by atoms with Crippen LogP contribution in [0.4, 0.5) is 15.8 Å². The number of hydrogen-bond donors (Lipinski definition) is 1. The number of halogens is 1. The SMILES string of the molecule is CC(=O)Sc1cc(N)c([N+](=O)[O-])cc1F. The Morgan fingerprint density at radius 1 is 1.60 bits per heavy atom. The number of nitrogen functional groups attached to an aromatic ring is 1. The van der Waals surface area contributed by atoms with E-state index in [9.17, 15) is 19.3 Å². The second-order valence-electron chi connectivity index (χ2n) is 2.69. The third kappa shape index (κ3) is 2.66. The molecule has 0 atom stereocenters. The van der Waals surface area contributed by atoms with Crippen LogP contribution in [0.25, 0.3) is 0 Å². The Kier molecular flexibility index (Phi) is 3.25. The fourth-order valence-corrected chi connectivity index (χ4v) is 1.60. The number of benzene rings is 1. The molecule has 0 spiro atoms. The molecular weight excluding hydrogens is 223 g/mol. The molecule has 0 aromatic heterocycles. The van der Waals surface area contributed by atoms with Gasteiger partial charge in [-0.15, -0.1) is 0 Å². The van der Waals surface area contributed by atoms with Crippen molar-refractivity contribution in [2.24, 2.45) is 0 Å². The zero-order valence-electron chi connectivity index (χ0n) is 7.69. The van der Waals surface area contributed by atoms with E-state index in [1.54, 1.807) is 0 Å². The average molecular weight is 230 g/mol. The number of hydrogen-bond acceptors (Lipinski definition) is 5. The van der Waals surface area contributed by atoms with Crippen molar-refractivity contribution in [1.29, 1.82) is 0 Å². The summed E-state index contributed by atoms with van der Waals surface area (Å²) in [5.74, 6) is -0.823. The number of thioether (sulfide) groups is 1. The van der Waals surface area contributed by atoms with Crippen molar-refractivity contribution in [2.45, 2.75) is 11.8 Å². The molecule has 0 aliphatic carbocycles. The zero-order valence-corrected chi connectivity index (χ0v) is 8.51. The Morgan fingerprint density at radius 2 is 2.20 bits per heavy atom. The minimum atomic E-state index is -0.823. The van der Waals surface area contributed by atoms with Gasteiger partial charge in [-0.25, -0.2) is 4.39 Å². The van der Waals surface area contributed by atoms with Crippen LogP contribution in [0.3, 0.4) is 0 Å². The lowest BCUT2D eigenvalue weighted by Crippen LogP contribution is -1.98. The van der Waals surface area contributed by atoms with Crippen molar-refractivity contribution in [3.05, 3.63) is 28.1 Å². The molecule has 0 bridgehead atoms. The van der Waals surface area contributed by atoms with Gasteiger partial charge in [-0.1, -0.05) is 0 Å². The number of nitrogens with two attached hydrogens (primary N) is 1. The van der Waals surface area contributed by atoms with E-state index in [1.165, 1.54) is 6.92 Å². The van der Waals surface area contributed by atoms with Gasteiger partial charge < -0.3 is 5.73 Å². The fraction of sp³-hybridized carbons (Fsp3) is 0.125. The van der Waals surface area contributed by atoms with Gasteiger partial charge in [0.05, 0.1) is 15.9 Å². The lowest BCUT2D eigenvalue weighted by atomic mass is 10.2. The quantitative estimate of drug-likeness (QED) is 0.363. The van der Waals surface area contributed by atoms with Crippen molar-refractivity contribution in [3.63, 3.8) is 0 Å². The van der Waals surface area contributed by atoms with Gasteiger partial charge in [0.25, 0.3) is 5.69 Å². The zero-order chi connectivity index (χ0) is 11.6. The van der Waals surface area contributed by atoms with E-state index in [1.807, 2.05) is 0 Å². The topological polar surface area (TPSA) is 86.2 Å². The summed E-state index contributed by atoms with van der Waals surface area (Å²) in [6.45, 7) is 1.27. The van der Waals surface area contributed by atoms with Crippen LogP contribution in [-0.4, -0.2) is 10.0 Å². The van der Waals surface area contributed by atoms with E-state index in [4.69, 9.17) is 5.73 Å². The number of rotatable bonds is 2. The second-order valence-corrected chi connectivity index (χ2v) is 3.91. The maximum Gasteiger partial charge on any atom is 0.295 e. The largest absolute Gasteiger partial charge is 0.393 e. The third-order valence-corrected chi connectivity index (χ3v) is 2.35. The van der Waals surface area contributed by atoms with Crippen LogP contribution in [0.5, 0.6) is 0 Å². The molecule has 0 saturated carbocycles. The summed E-state index contributed by atoms with van der Waals surface area (Å²) >= 11 is 0.643. The van der Waals surface area contributed by atoms with Crippen LogP contribution in [0.1, 0.15) is 6.92 Å². The molecule has 80 valence electrons. The Labute approximate surface area is 88.6 Å². The van der Waals surface area contributed by atoms with Gasteiger partial charge in [-0.2, -0.15) is 0 Å². The maximum atomic E-state index is 13.2. The molecule has 1 aromatic rings. The first kappa shape index (κ1) is 11.4. The average Bonchev–Trinajstić information content (AvgIpc) is 2.09. The number of nitrogens with zero attached hydrogens (tertiary/aromatic N) is 1. The Balaban J connectivity index is 3.19. The molecule has 0 amide bonds. The molecule has 0 radical (unpaired) electrons. The molecule has 0 aliphatic rings. The number of carbonyl (C=O) groups excluding carboxylic acids is 1. The second kappa shape index (κ2) is 4.26. The van der Waals surface area contributed by atoms with E-state index < -0.39 is 16.4 Å². The van der Waals surface area contributed by atoms with Crippen molar-refractivity contribution < 1.29 is 14.1 Å². The molecule has 0 unspecified atom stereocenters. The molecule has 1 rings (SSSR count). The fourth-order valence-electron chi connectivity index (χ4n) is 0.950. The lowest BCUT2D eigenvalue weighted by molar-refractivity contribution is -0.384. The summed E-state index contributed by atoms with van der Waals surface area (Å²) in [7, 11) is 0. The van der Waals surface area contributed by atoms with Gasteiger partial charge in [0.1, 0.15) is 11.5 Å². The summed E-state index contributed by atoms with van der Waals surface area (Å²) < 4.78 is 13.2. The summed E-state index contributed by atoms with van der Waals surface area (Å²) in [4.78, 5) is 20.3. The molecule has 1 aromatic carbocycles. The first-order valence-electron chi connectivity index (χ1n) is 3.83. The minimum Gasteiger partial charge on any atom is -0.393 e. The summed E-state index contributed by atoms with van der Waals surface area (Å²) in [5.41, 5.74) is 4.67. The highest BCUT2D eigenvalue weighted by molar-refractivity contribution is 8.13. The van der Waals surface area contributed by atoms with Gasteiger partial charge in [-0.3, -0.25) is 14.9 Å². The van der Waals surface area contributed by atoms with E-state index in [0.717, 1.165) is 6.07 Å². The van der Waals surface area contributed by atoms with Crippen molar-refractivity contribution >= 4 is 28.3 Å². The number of anilines is 1. The number of nitro benzene ring substituents is 1. The number of carbonyl (C=O) groups is 1. The third-order valence-electron chi connectivity index (χ3n) is 1.53. The molecule has 0 fully saturated rings. The van der Waals surface area contributed by atoms with Crippen LogP contribution in [-0.2, 0) is 4.79 Å². The maximum absolute atomic E-state index is 13.2. The summed E-state index contributed by atoms with van der Waals surface area (Å²) in [6.07, 6.45) is 0. The normalized spacial score (nSPS) is 10.0. The van der Waals surface area contributed by atoms with Gasteiger partial charge in [-0.05, 0) is 17.8 Å². The van der Waals surface area contributed by atoms with Crippen LogP contribution >= 0.6 is 11.8 Å². The van der Waals surface area contributed by atoms with Gasteiger partial charge in [0.15, 0.2) is 5.12 Å². The summed E-state index contributed by atoms with van der Waals surface area (Å²) in [5, 5.41) is 10.1. The molecule has 2 N–H and O–H groups in total. The number of nitro groups is 1. The molecule has 0 heterocycles. The highest BCUT2D eigenvalue weighted by Crippen LogP contribution is 2.30. The Hall–Kier alpha value is -1.63. The molecular formula is C8H7FN2O3S. The smallest absolute Gasteiger partial charge is 0.295 e. The summed E-state index contributed by atoms with van der Waals surface area (Å²) in [6, 6.07) is 1.79. The first-order chi connectivity index (χ1) is 6.91. The van der Waals surface area contributed by atoms with E-state index in [0.29, 0.717) is 17.8 Å². The Bertz CT molecular complexity index is 436. The monoisotopic (exact) mass is 230 g/mol. The van der Waals surface area contributed by atoms with E-state index >= 15 is 0 Å². The molecule has 7 heteroatoms. The van der Waals surface area contributed by atoms with Crippen molar-refractivity contribution in [1.82, 2.24) is 0 Å². The van der Waals surface area contributed by atoms with E-state index in [2.05, 4.69) is 0 Å². The molecule has 15 heavy (non-hydrogen) atoms. The van der Waals surface area contributed by atoms with E-state index in [-0.39, 0.29) is 15.7 Å².